The lowest BCUT2D eigenvalue weighted by atomic mass is 10.1. The zero-order valence-corrected chi connectivity index (χ0v) is 16.9. The van der Waals surface area contributed by atoms with E-state index in [-0.39, 0.29) is 11.2 Å². The highest BCUT2D eigenvalue weighted by atomic mass is 32.2. The SMILES string of the molecule is COc1ccc(CNC(=O)[C@@H](C)Sc2nnc(-c3ccc(C)cc3)n2N)cc1. The molecule has 0 aliphatic carbocycles. The molecule has 0 bridgehead atoms. The number of aromatic nitrogens is 3. The molecular weight excluding hydrogens is 374 g/mol. The molecule has 1 amide bonds. The van der Waals surface area contributed by atoms with Gasteiger partial charge in [0.2, 0.25) is 11.1 Å². The third kappa shape index (κ3) is 4.64. The molecule has 1 heterocycles. The molecule has 28 heavy (non-hydrogen) atoms. The largest absolute Gasteiger partial charge is 0.497 e. The van der Waals surface area contributed by atoms with E-state index in [1.54, 1.807) is 7.11 Å². The number of aryl methyl sites for hydroxylation is 1. The number of benzene rings is 2. The van der Waals surface area contributed by atoms with E-state index in [4.69, 9.17) is 10.6 Å². The Morgan fingerprint density at radius 2 is 1.86 bits per heavy atom. The van der Waals surface area contributed by atoms with Gasteiger partial charge >= 0.3 is 0 Å². The number of hydrogen-bond acceptors (Lipinski definition) is 6. The van der Waals surface area contributed by atoms with Crippen LogP contribution in [0.25, 0.3) is 11.4 Å². The van der Waals surface area contributed by atoms with Crippen LogP contribution in [0.1, 0.15) is 18.1 Å². The second-order valence-corrected chi connectivity index (χ2v) is 7.68. The van der Waals surface area contributed by atoms with Gasteiger partial charge in [0, 0.05) is 12.1 Å². The van der Waals surface area contributed by atoms with Crippen molar-refractivity contribution in [2.24, 2.45) is 0 Å². The number of hydrogen-bond donors (Lipinski definition) is 2. The van der Waals surface area contributed by atoms with Crippen molar-refractivity contribution in [3.63, 3.8) is 0 Å². The first kappa shape index (κ1) is 19.8. The molecule has 7 nitrogen and oxygen atoms in total. The number of rotatable bonds is 7. The lowest BCUT2D eigenvalue weighted by Gasteiger charge is -2.12. The predicted octanol–water partition coefficient (Wildman–Crippen LogP) is 2.77. The summed E-state index contributed by atoms with van der Waals surface area (Å²) < 4.78 is 6.55. The van der Waals surface area contributed by atoms with Gasteiger partial charge in [0.1, 0.15) is 5.75 Å². The molecule has 0 spiro atoms. The van der Waals surface area contributed by atoms with E-state index in [2.05, 4.69) is 15.5 Å². The van der Waals surface area contributed by atoms with Crippen LogP contribution in [0.3, 0.4) is 0 Å². The number of carbonyl (C=O) groups excluding carboxylic acids is 1. The molecule has 3 aromatic rings. The summed E-state index contributed by atoms with van der Waals surface area (Å²) in [5.74, 6) is 7.39. The minimum atomic E-state index is -0.365. The van der Waals surface area contributed by atoms with Gasteiger partial charge in [-0.3, -0.25) is 4.79 Å². The molecule has 146 valence electrons. The second kappa shape index (κ2) is 8.79. The highest BCUT2D eigenvalue weighted by Crippen LogP contribution is 2.25. The summed E-state index contributed by atoms with van der Waals surface area (Å²) >= 11 is 1.27. The van der Waals surface area contributed by atoms with Crippen LogP contribution in [0.4, 0.5) is 0 Å². The van der Waals surface area contributed by atoms with Crippen molar-refractivity contribution < 1.29 is 9.53 Å². The highest BCUT2D eigenvalue weighted by Gasteiger charge is 2.19. The first-order valence-electron chi connectivity index (χ1n) is 8.82. The number of nitrogens with one attached hydrogen (secondary N) is 1. The number of nitrogens with zero attached hydrogens (tertiary/aromatic N) is 3. The third-order valence-electron chi connectivity index (χ3n) is 4.25. The van der Waals surface area contributed by atoms with Crippen molar-refractivity contribution in [2.45, 2.75) is 30.8 Å². The number of ether oxygens (including phenoxy) is 1. The minimum Gasteiger partial charge on any atom is -0.497 e. The first-order chi connectivity index (χ1) is 13.5. The topological polar surface area (TPSA) is 95.1 Å². The summed E-state index contributed by atoms with van der Waals surface area (Å²) in [6.45, 7) is 4.27. The second-order valence-electron chi connectivity index (χ2n) is 6.37. The normalized spacial score (nSPS) is 11.8. The lowest BCUT2D eigenvalue weighted by Crippen LogP contribution is -2.30. The van der Waals surface area contributed by atoms with Gasteiger partial charge < -0.3 is 15.9 Å². The summed E-state index contributed by atoms with van der Waals surface area (Å²) in [6, 6.07) is 15.4. The molecule has 0 fully saturated rings. The van der Waals surface area contributed by atoms with E-state index in [0.29, 0.717) is 17.5 Å². The number of thioether (sulfide) groups is 1. The van der Waals surface area contributed by atoms with Crippen LogP contribution in [-0.2, 0) is 11.3 Å². The predicted molar refractivity (Wildman–Crippen MR) is 111 cm³/mol. The van der Waals surface area contributed by atoms with Gasteiger partial charge in [-0.05, 0) is 31.5 Å². The first-order valence-corrected chi connectivity index (χ1v) is 9.70. The molecule has 8 heteroatoms. The Morgan fingerprint density at radius 3 is 2.50 bits per heavy atom. The zero-order chi connectivity index (χ0) is 20.1. The Balaban J connectivity index is 1.60. The number of amides is 1. The van der Waals surface area contributed by atoms with E-state index in [0.717, 1.165) is 22.4 Å². The fourth-order valence-electron chi connectivity index (χ4n) is 2.54. The van der Waals surface area contributed by atoms with Gasteiger partial charge in [0.15, 0.2) is 5.82 Å². The Bertz CT molecular complexity index is 938. The van der Waals surface area contributed by atoms with Crippen molar-refractivity contribution in [1.82, 2.24) is 20.2 Å². The molecule has 3 rings (SSSR count). The van der Waals surface area contributed by atoms with Crippen LogP contribution in [-0.4, -0.2) is 33.1 Å². The molecule has 0 saturated carbocycles. The van der Waals surface area contributed by atoms with Crippen LogP contribution in [0.15, 0.2) is 53.7 Å². The molecule has 0 saturated heterocycles. The smallest absolute Gasteiger partial charge is 0.233 e. The van der Waals surface area contributed by atoms with E-state index in [1.165, 1.54) is 16.4 Å². The lowest BCUT2D eigenvalue weighted by molar-refractivity contribution is -0.120. The summed E-state index contributed by atoms with van der Waals surface area (Å²) in [7, 11) is 1.62. The molecule has 0 aliphatic heterocycles. The van der Waals surface area contributed by atoms with Gasteiger partial charge in [0.25, 0.3) is 0 Å². The molecule has 1 aromatic heterocycles. The van der Waals surface area contributed by atoms with Gasteiger partial charge in [-0.25, -0.2) is 4.68 Å². The molecule has 0 aliphatic rings. The van der Waals surface area contributed by atoms with Gasteiger partial charge in [0.05, 0.1) is 12.4 Å². The molecule has 0 radical (unpaired) electrons. The van der Waals surface area contributed by atoms with E-state index in [9.17, 15) is 4.79 Å². The quantitative estimate of drug-likeness (QED) is 0.470. The van der Waals surface area contributed by atoms with Gasteiger partial charge in [-0.2, -0.15) is 0 Å². The Kier molecular flexibility index (Phi) is 6.20. The number of nitrogen functional groups attached to an aromatic ring is 1. The minimum absolute atomic E-state index is 0.0966. The maximum absolute atomic E-state index is 12.4. The number of carbonyl (C=O) groups is 1. The number of methoxy groups -OCH3 is 1. The Labute approximate surface area is 168 Å². The van der Waals surface area contributed by atoms with Crippen molar-refractivity contribution in [2.75, 3.05) is 13.0 Å². The fraction of sp³-hybridized carbons (Fsp3) is 0.250. The molecule has 0 unspecified atom stereocenters. The van der Waals surface area contributed by atoms with Crippen molar-refractivity contribution in [1.29, 1.82) is 0 Å². The molecular formula is C20H23N5O2S. The van der Waals surface area contributed by atoms with E-state index >= 15 is 0 Å². The molecule has 3 N–H and O–H groups in total. The standard InChI is InChI=1S/C20H23N5O2S/c1-13-4-8-16(9-5-13)18-23-24-20(25(18)21)28-14(2)19(26)22-12-15-6-10-17(27-3)11-7-15/h4-11,14H,12,21H2,1-3H3,(H,22,26)/t14-/m1/s1. The summed E-state index contributed by atoms with van der Waals surface area (Å²) in [4.78, 5) is 12.4. The highest BCUT2D eigenvalue weighted by molar-refractivity contribution is 8.00. The summed E-state index contributed by atoms with van der Waals surface area (Å²) in [5.41, 5.74) is 3.03. The molecule has 1 atom stereocenters. The van der Waals surface area contributed by atoms with Crippen LogP contribution in [0.5, 0.6) is 5.75 Å². The third-order valence-corrected chi connectivity index (χ3v) is 5.31. The van der Waals surface area contributed by atoms with Gasteiger partial charge in [-0.15, -0.1) is 10.2 Å². The van der Waals surface area contributed by atoms with Crippen molar-refractivity contribution >= 4 is 17.7 Å². The van der Waals surface area contributed by atoms with E-state index < -0.39 is 0 Å². The molecule has 2 aromatic carbocycles. The van der Waals surface area contributed by atoms with Crippen LogP contribution >= 0.6 is 11.8 Å². The zero-order valence-electron chi connectivity index (χ0n) is 16.0. The maximum atomic E-state index is 12.4. The fourth-order valence-corrected chi connectivity index (χ4v) is 3.34. The van der Waals surface area contributed by atoms with Crippen LogP contribution < -0.4 is 15.9 Å². The van der Waals surface area contributed by atoms with Gasteiger partial charge in [-0.1, -0.05) is 53.7 Å². The Hall–Kier alpha value is -3.00. The maximum Gasteiger partial charge on any atom is 0.233 e. The van der Waals surface area contributed by atoms with Crippen LogP contribution in [0, 0.1) is 6.92 Å². The van der Waals surface area contributed by atoms with Crippen molar-refractivity contribution in [3.8, 4) is 17.1 Å². The summed E-state index contributed by atoms with van der Waals surface area (Å²) in [6.07, 6.45) is 0. The van der Waals surface area contributed by atoms with E-state index in [1.807, 2.05) is 62.4 Å². The van der Waals surface area contributed by atoms with Crippen LogP contribution in [0.2, 0.25) is 0 Å². The number of nitrogens with two attached hydrogens (primary N) is 1. The summed E-state index contributed by atoms with van der Waals surface area (Å²) in [5, 5.41) is 11.3. The monoisotopic (exact) mass is 397 g/mol. The van der Waals surface area contributed by atoms with Crippen molar-refractivity contribution in [3.05, 3.63) is 59.7 Å². The Morgan fingerprint density at radius 1 is 1.18 bits per heavy atom. The average Bonchev–Trinajstić information content (AvgIpc) is 3.07. The average molecular weight is 398 g/mol.